The van der Waals surface area contributed by atoms with E-state index < -0.39 is 5.41 Å². The summed E-state index contributed by atoms with van der Waals surface area (Å²) in [6, 6.07) is 73.5. The Morgan fingerprint density at radius 3 is 1.50 bits per heavy atom. The van der Waals surface area contributed by atoms with Crippen LogP contribution in [0.1, 0.15) is 45.9 Å². The molecule has 246 valence electrons. The largest absolute Gasteiger partial charge is 0.355 e. The van der Waals surface area contributed by atoms with Gasteiger partial charge in [-0.05, 0) is 98.0 Å². The van der Waals surface area contributed by atoms with Gasteiger partial charge in [-0.3, -0.25) is 0 Å². The normalized spacial score (nSPS) is 16.0. The Balaban J connectivity index is 1.11. The van der Waals surface area contributed by atoms with Crippen molar-refractivity contribution in [1.82, 2.24) is 0 Å². The molecule has 52 heavy (non-hydrogen) atoms. The van der Waals surface area contributed by atoms with Gasteiger partial charge in [0.05, 0.1) is 5.41 Å². The molecule has 8 aromatic carbocycles. The smallest absolute Gasteiger partial charge is 0.0714 e. The molecule has 0 fully saturated rings. The lowest BCUT2D eigenvalue weighted by Gasteiger charge is -2.34. The van der Waals surface area contributed by atoms with Crippen LogP contribution in [0.5, 0.6) is 0 Å². The summed E-state index contributed by atoms with van der Waals surface area (Å²) in [7, 11) is 0. The highest BCUT2D eigenvalue weighted by molar-refractivity contribution is 5.91. The first-order valence-electron chi connectivity index (χ1n) is 18.2. The van der Waals surface area contributed by atoms with E-state index in [4.69, 9.17) is 0 Å². The van der Waals surface area contributed by atoms with Crippen molar-refractivity contribution in [3.63, 3.8) is 0 Å². The summed E-state index contributed by atoms with van der Waals surface area (Å²) in [5.41, 5.74) is 18.2. The van der Waals surface area contributed by atoms with Crippen LogP contribution >= 0.6 is 0 Å². The van der Waals surface area contributed by atoms with E-state index >= 15 is 0 Å². The summed E-state index contributed by atoms with van der Waals surface area (Å²) >= 11 is 0. The number of hydrogen-bond acceptors (Lipinski definition) is 1. The van der Waals surface area contributed by atoms with Crippen LogP contribution in [0.2, 0.25) is 0 Å². The molecule has 1 heteroatoms. The van der Waals surface area contributed by atoms with Crippen molar-refractivity contribution in [2.45, 2.75) is 17.8 Å². The lowest BCUT2D eigenvalue weighted by Crippen LogP contribution is -2.28. The number of nitrogens with one attached hydrogen (secondary N) is 1. The molecule has 2 aliphatic rings. The third-order valence-corrected chi connectivity index (χ3v) is 11.6. The molecule has 10 rings (SSSR count). The fraction of sp³-hybridized carbons (Fsp3) is 0.0588. The van der Waals surface area contributed by atoms with Crippen molar-refractivity contribution < 1.29 is 0 Å². The number of hydrogen-bond donors (Lipinski definition) is 1. The average molecular weight is 664 g/mol. The van der Waals surface area contributed by atoms with Crippen LogP contribution in [-0.4, -0.2) is 0 Å². The lowest BCUT2D eigenvalue weighted by atomic mass is 9.67. The lowest BCUT2D eigenvalue weighted by molar-refractivity contribution is 0.714. The molecular weight excluding hydrogens is 627 g/mol. The highest BCUT2D eigenvalue weighted by Gasteiger charge is 2.46. The van der Waals surface area contributed by atoms with Crippen LogP contribution in [0.4, 0.5) is 11.4 Å². The van der Waals surface area contributed by atoms with Gasteiger partial charge >= 0.3 is 0 Å². The number of fused-ring (bicyclic) bond motifs is 6. The van der Waals surface area contributed by atoms with Gasteiger partial charge in [-0.1, -0.05) is 176 Å². The monoisotopic (exact) mass is 663 g/mol. The molecule has 0 amide bonds. The second-order valence-corrected chi connectivity index (χ2v) is 14.3. The average Bonchev–Trinajstić information content (AvgIpc) is 3.66. The van der Waals surface area contributed by atoms with Gasteiger partial charge in [0, 0.05) is 22.4 Å². The van der Waals surface area contributed by atoms with Gasteiger partial charge in [0.2, 0.25) is 0 Å². The Kier molecular flexibility index (Phi) is 6.91. The molecule has 1 unspecified atom stereocenters. The van der Waals surface area contributed by atoms with Crippen LogP contribution < -0.4 is 5.32 Å². The SMILES string of the molecule is CC1(c2ccccc2)c2ccccc2-c2ccc(-c3ccccc3Nc3ccc4c(c3)C(c3ccccc3)(c3ccccc3)c3ccccc3-4)cc21. The van der Waals surface area contributed by atoms with Crippen LogP contribution in [0.15, 0.2) is 200 Å². The Morgan fingerprint density at radius 2 is 0.827 bits per heavy atom. The van der Waals surface area contributed by atoms with Crippen molar-refractivity contribution in [2.75, 3.05) is 5.32 Å². The van der Waals surface area contributed by atoms with E-state index in [0.29, 0.717) is 0 Å². The van der Waals surface area contributed by atoms with Crippen molar-refractivity contribution in [3.05, 3.63) is 239 Å². The first-order chi connectivity index (χ1) is 25.7. The molecule has 0 saturated heterocycles. The van der Waals surface area contributed by atoms with Crippen molar-refractivity contribution in [1.29, 1.82) is 0 Å². The van der Waals surface area contributed by atoms with Gasteiger partial charge in [0.1, 0.15) is 0 Å². The number of anilines is 2. The Morgan fingerprint density at radius 1 is 0.346 bits per heavy atom. The molecule has 1 atom stereocenters. The summed E-state index contributed by atoms with van der Waals surface area (Å²) < 4.78 is 0. The topological polar surface area (TPSA) is 12.0 Å². The van der Waals surface area contributed by atoms with Crippen molar-refractivity contribution in [3.8, 4) is 33.4 Å². The van der Waals surface area contributed by atoms with Crippen molar-refractivity contribution in [2.24, 2.45) is 0 Å². The maximum Gasteiger partial charge on any atom is 0.0714 e. The van der Waals surface area contributed by atoms with Crippen LogP contribution in [0.3, 0.4) is 0 Å². The van der Waals surface area contributed by atoms with Crippen LogP contribution in [0, 0.1) is 0 Å². The maximum absolute atomic E-state index is 3.91. The third-order valence-electron chi connectivity index (χ3n) is 11.6. The molecule has 0 heterocycles. The minimum absolute atomic E-state index is 0.251. The number of para-hydroxylation sites is 1. The Hall–Kier alpha value is -6.44. The van der Waals surface area contributed by atoms with E-state index in [1.165, 1.54) is 72.3 Å². The van der Waals surface area contributed by atoms with E-state index in [-0.39, 0.29) is 5.41 Å². The molecule has 2 aliphatic carbocycles. The summed E-state index contributed by atoms with van der Waals surface area (Å²) in [4.78, 5) is 0. The van der Waals surface area contributed by atoms with E-state index in [9.17, 15) is 0 Å². The molecule has 0 spiro atoms. The van der Waals surface area contributed by atoms with Crippen molar-refractivity contribution >= 4 is 11.4 Å². The quantitative estimate of drug-likeness (QED) is 0.187. The zero-order chi connectivity index (χ0) is 34.7. The fourth-order valence-corrected chi connectivity index (χ4v) is 9.26. The highest BCUT2D eigenvalue weighted by atomic mass is 14.9. The second-order valence-electron chi connectivity index (χ2n) is 14.3. The molecule has 0 aliphatic heterocycles. The zero-order valence-electron chi connectivity index (χ0n) is 29.1. The molecule has 1 N–H and O–H groups in total. The second kappa shape index (κ2) is 11.8. The molecule has 0 radical (unpaired) electrons. The van der Waals surface area contributed by atoms with Gasteiger partial charge in [0.25, 0.3) is 0 Å². The third kappa shape index (κ3) is 4.36. The highest BCUT2D eigenvalue weighted by Crippen LogP contribution is 2.57. The van der Waals surface area contributed by atoms with E-state index in [0.717, 1.165) is 11.4 Å². The summed E-state index contributed by atoms with van der Waals surface area (Å²) in [5, 5.41) is 3.91. The summed E-state index contributed by atoms with van der Waals surface area (Å²) in [6.45, 7) is 2.38. The number of rotatable bonds is 6. The van der Waals surface area contributed by atoms with Gasteiger partial charge in [-0.15, -0.1) is 0 Å². The first kappa shape index (κ1) is 30.4. The van der Waals surface area contributed by atoms with Gasteiger partial charge in [-0.2, -0.15) is 0 Å². The molecule has 0 saturated carbocycles. The van der Waals surface area contributed by atoms with Gasteiger partial charge < -0.3 is 5.32 Å². The van der Waals surface area contributed by atoms with Crippen LogP contribution in [0.25, 0.3) is 33.4 Å². The summed E-state index contributed by atoms with van der Waals surface area (Å²) in [6.07, 6.45) is 0. The van der Waals surface area contributed by atoms with Gasteiger partial charge in [0.15, 0.2) is 0 Å². The Bertz CT molecular complexity index is 2560. The van der Waals surface area contributed by atoms with E-state index in [1.54, 1.807) is 0 Å². The Labute approximate surface area is 305 Å². The summed E-state index contributed by atoms with van der Waals surface area (Å²) in [5.74, 6) is 0. The molecular formula is C51H37N. The maximum atomic E-state index is 3.91. The first-order valence-corrected chi connectivity index (χ1v) is 18.2. The number of benzene rings is 8. The standard InChI is InChI=1S/C51H37N/c1-50(36-17-5-2-6-18-36)45-26-14-11-24-41(45)43-31-29-35(33-47(43)50)40-23-13-16-28-49(40)52-39-30-32-44-42-25-12-15-27-46(42)51(48(44)34-39,37-19-7-3-8-20-37)38-21-9-4-10-22-38/h2-34,52H,1H3. The molecule has 0 bridgehead atoms. The van der Waals surface area contributed by atoms with Crippen LogP contribution in [-0.2, 0) is 10.8 Å². The molecule has 8 aromatic rings. The molecule has 1 nitrogen and oxygen atoms in total. The minimum Gasteiger partial charge on any atom is -0.355 e. The molecule has 0 aromatic heterocycles. The fourth-order valence-electron chi connectivity index (χ4n) is 9.26. The predicted octanol–water partition coefficient (Wildman–Crippen LogP) is 12.8. The van der Waals surface area contributed by atoms with E-state index in [2.05, 4.69) is 212 Å². The van der Waals surface area contributed by atoms with Gasteiger partial charge in [-0.25, -0.2) is 0 Å². The zero-order valence-corrected chi connectivity index (χ0v) is 29.1. The predicted molar refractivity (Wildman–Crippen MR) is 216 cm³/mol. The minimum atomic E-state index is -0.442. The van der Waals surface area contributed by atoms with E-state index in [1.807, 2.05) is 0 Å².